The van der Waals surface area contributed by atoms with Crippen molar-refractivity contribution in [3.05, 3.63) is 150 Å². The Balaban J connectivity index is 1.27. The number of anilines is 3. The zero-order valence-corrected chi connectivity index (χ0v) is 26.2. The van der Waals surface area contributed by atoms with Crippen molar-refractivity contribution < 1.29 is 0 Å². The molecule has 0 saturated carbocycles. The average molecular weight is 570 g/mol. The van der Waals surface area contributed by atoms with Gasteiger partial charge in [0.25, 0.3) is 0 Å². The minimum absolute atomic E-state index is 0.143. The summed E-state index contributed by atoms with van der Waals surface area (Å²) in [7, 11) is 0. The molecule has 2 aliphatic rings. The first kappa shape index (κ1) is 27.0. The Kier molecular flexibility index (Phi) is 6.10. The van der Waals surface area contributed by atoms with E-state index in [0.29, 0.717) is 0 Å². The molecule has 1 nitrogen and oxygen atoms in total. The van der Waals surface area contributed by atoms with Crippen molar-refractivity contribution in [3.8, 4) is 22.3 Å². The average Bonchev–Trinajstić information content (AvgIpc) is 3.42. The van der Waals surface area contributed by atoms with Crippen LogP contribution in [0.15, 0.2) is 127 Å². The summed E-state index contributed by atoms with van der Waals surface area (Å²) in [5, 5.41) is 2.56. The van der Waals surface area contributed by atoms with Gasteiger partial charge in [0.05, 0.1) is 0 Å². The van der Waals surface area contributed by atoms with E-state index < -0.39 is 0 Å². The maximum atomic E-state index is 2.48. The van der Waals surface area contributed by atoms with Crippen LogP contribution >= 0.6 is 0 Å². The first-order valence-corrected chi connectivity index (χ1v) is 16.0. The SMILES string of the molecule is CC1(C)CCC(C)(C)c2cc(N(c3ccc(-c4cccc5ccccc45)cc3)c3ccc4c(c3)Cc3ccccc3-4)ccc21. The van der Waals surface area contributed by atoms with Gasteiger partial charge in [0.2, 0.25) is 0 Å². The summed E-state index contributed by atoms with van der Waals surface area (Å²) in [4.78, 5) is 2.47. The Hall–Kier alpha value is -4.62. The van der Waals surface area contributed by atoms with E-state index in [2.05, 4.69) is 160 Å². The molecule has 0 aliphatic heterocycles. The van der Waals surface area contributed by atoms with E-state index in [1.807, 2.05) is 0 Å². The molecule has 0 spiro atoms. The molecule has 0 bridgehead atoms. The van der Waals surface area contributed by atoms with Crippen LogP contribution in [0, 0.1) is 0 Å². The lowest BCUT2D eigenvalue weighted by molar-refractivity contribution is 0.332. The van der Waals surface area contributed by atoms with E-state index in [4.69, 9.17) is 0 Å². The monoisotopic (exact) mass is 569 g/mol. The van der Waals surface area contributed by atoms with Crippen LogP contribution in [0.1, 0.15) is 62.8 Å². The van der Waals surface area contributed by atoms with Crippen molar-refractivity contribution in [2.45, 2.75) is 57.8 Å². The van der Waals surface area contributed by atoms with Gasteiger partial charge >= 0.3 is 0 Å². The maximum absolute atomic E-state index is 2.48. The third kappa shape index (κ3) is 4.37. The van der Waals surface area contributed by atoms with Crippen LogP contribution in [-0.2, 0) is 17.3 Å². The Morgan fingerprint density at radius 3 is 1.93 bits per heavy atom. The van der Waals surface area contributed by atoms with Crippen molar-refractivity contribution in [2.24, 2.45) is 0 Å². The van der Waals surface area contributed by atoms with E-state index in [1.165, 1.54) is 85.2 Å². The highest BCUT2D eigenvalue weighted by Gasteiger charge is 2.37. The topological polar surface area (TPSA) is 3.24 Å². The van der Waals surface area contributed by atoms with Gasteiger partial charge in [0, 0.05) is 17.1 Å². The Bertz CT molecular complexity index is 2040. The molecule has 0 unspecified atom stereocenters. The summed E-state index contributed by atoms with van der Waals surface area (Å²) in [6.45, 7) is 9.65. The fourth-order valence-corrected chi connectivity index (χ4v) is 7.70. The summed E-state index contributed by atoms with van der Waals surface area (Å²) < 4.78 is 0. The molecular formula is C43H39N. The zero-order chi connectivity index (χ0) is 30.1. The summed E-state index contributed by atoms with van der Waals surface area (Å²) in [5.74, 6) is 0. The van der Waals surface area contributed by atoms with Gasteiger partial charge in [0.15, 0.2) is 0 Å². The van der Waals surface area contributed by atoms with Gasteiger partial charge in [-0.3, -0.25) is 0 Å². The smallest absolute Gasteiger partial charge is 0.0464 e. The molecule has 0 heterocycles. The first-order chi connectivity index (χ1) is 21.3. The number of rotatable bonds is 4. The molecule has 0 saturated heterocycles. The van der Waals surface area contributed by atoms with Crippen molar-refractivity contribution >= 4 is 27.8 Å². The predicted octanol–water partition coefficient (Wildman–Crippen LogP) is 11.9. The van der Waals surface area contributed by atoms with Gasteiger partial charge in [-0.25, -0.2) is 0 Å². The third-order valence-electron chi connectivity index (χ3n) is 10.4. The van der Waals surface area contributed by atoms with Gasteiger partial charge < -0.3 is 4.90 Å². The van der Waals surface area contributed by atoms with Gasteiger partial charge in [-0.15, -0.1) is 0 Å². The van der Waals surface area contributed by atoms with E-state index >= 15 is 0 Å². The number of fused-ring (bicyclic) bond motifs is 5. The lowest BCUT2D eigenvalue weighted by Crippen LogP contribution is -2.34. The number of hydrogen-bond donors (Lipinski definition) is 0. The van der Waals surface area contributed by atoms with E-state index in [1.54, 1.807) is 0 Å². The van der Waals surface area contributed by atoms with E-state index in [9.17, 15) is 0 Å². The molecule has 2 aliphatic carbocycles. The van der Waals surface area contributed by atoms with Gasteiger partial charge in [-0.2, -0.15) is 0 Å². The molecule has 0 amide bonds. The number of benzene rings is 6. The Morgan fingerprint density at radius 2 is 1.09 bits per heavy atom. The molecule has 6 aromatic carbocycles. The van der Waals surface area contributed by atoms with E-state index in [-0.39, 0.29) is 10.8 Å². The standard InChI is InChI=1S/C43H39N/c1-42(2)24-25-43(3,4)41-28-35(21-23-40(41)42)44(34-20-22-39-32(27-34)26-31-11-6-8-14-38(31)39)33-18-16-30(17-19-33)37-15-9-12-29-10-5-7-13-36(29)37/h5-23,27-28H,24-26H2,1-4H3. The second-order valence-corrected chi connectivity index (χ2v) is 14.1. The van der Waals surface area contributed by atoms with Crippen LogP contribution < -0.4 is 4.90 Å². The highest BCUT2D eigenvalue weighted by atomic mass is 15.1. The fraction of sp³-hybridized carbons (Fsp3) is 0.209. The Labute approximate surface area is 261 Å². The zero-order valence-electron chi connectivity index (χ0n) is 26.2. The third-order valence-corrected chi connectivity index (χ3v) is 10.4. The van der Waals surface area contributed by atoms with Crippen LogP contribution in [0.5, 0.6) is 0 Å². The van der Waals surface area contributed by atoms with Crippen LogP contribution in [0.4, 0.5) is 17.1 Å². The van der Waals surface area contributed by atoms with Crippen molar-refractivity contribution in [1.29, 1.82) is 0 Å². The molecule has 44 heavy (non-hydrogen) atoms. The highest BCUT2D eigenvalue weighted by Crippen LogP contribution is 2.49. The molecular weight excluding hydrogens is 530 g/mol. The van der Waals surface area contributed by atoms with Crippen LogP contribution in [-0.4, -0.2) is 0 Å². The fourth-order valence-electron chi connectivity index (χ4n) is 7.70. The molecule has 0 N–H and O–H groups in total. The van der Waals surface area contributed by atoms with Gasteiger partial charge in [0.1, 0.15) is 0 Å². The second-order valence-electron chi connectivity index (χ2n) is 14.1. The molecule has 0 radical (unpaired) electrons. The first-order valence-electron chi connectivity index (χ1n) is 16.0. The molecule has 0 aromatic heterocycles. The quantitative estimate of drug-likeness (QED) is 0.204. The molecule has 0 atom stereocenters. The van der Waals surface area contributed by atoms with Crippen LogP contribution in [0.3, 0.4) is 0 Å². The lowest BCUT2D eigenvalue weighted by atomic mass is 9.63. The van der Waals surface area contributed by atoms with Gasteiger partial charge in [-0.1, -0.05) is 119 Å². The van der Waals surface area contributed by atoms with Gasteiger partial charge in [-0.05, 0) is 122 Å². The Morgan fingerprint density at radius 1 is 0.477 bits per heavy atom. The maximum Gasteiger partial charge on any atom is 0.0464 e. The summed E-state index contributed by atoms with van der Waals surface area (Å²) >= 11 is 0. The summed E-state index contributed by atoms with van der Waals surface area (Å²) in [5.41, 5.74) is 15.0. The summed E-state index contributed by atoms with van der Waals surface area (Å²) in [6.07, 6.45) is 3.41. The molecule has 6 aromatic rings. The minimum atomic E-state index is 0.143. The molecule has 216 valence electrons. The van der Waals surface area contributed by atoms with Crippen LogP contribution in [0.25, 0.3) is 33.0 Å². The highest BCUT2D eigenvalue weighted by molar-refractivity contribution is 5.97. The molecule has 1 heteroatoms. The summed E-state index contributed by atoms with van der Waals surface area (Å²) in [6, 6.07) is 47.6. The predicted molar refractivity (Wildman–Crippen MR) is 188 cm³/mol. The number of nitrogens with zero attached hydrogens (tertiary/aromatic N) is 1. The number of hydrogen-bond acceptors (Lipinski definition) is 1. The van der Waals surface area contributed by atoms with Crippen molar-refractivity contribution in [1.82, 2.24) is 0 Å². The second kappa shape index (κ2) is 9.96. The normalized spacial score (nSPS) is 15.8. The minimum Gasteiger partial charge on any atom is -0.310 e. The lowest BCUT2D eigenvalue weighted by Gasteiger charge is -2.42. The largest absolute Gasteiger partial charge is 0.310 e. The van der Waals surface area contributed by atoms with E-state index in [0.717, 1.165) is 6.42 Å². The van der Waals surface area contributed by atoms with Crippen molar-refractivity contribution in [3.63, 3.8) is 0 Å². The van der Waals surface area contributed by atoms with Crippen molar-refractivity contribution in [2.75, 3.05) is 4.90 Å². The van der Waals surface area contributed by atoms with Crippen LogP contribution in [0.2, 0.25) is 0 Å². The molecule has 0 fully saturated rings. The molecule has 8 rings (SSSR count).